The van der Waals surface area contributed by atoms with E-state index in [0.717, 1.165) is 18.3 Å². The Kier molecular flexibility index (Phi) is 4.07. The van der Waals surface area contributed by atoms with Gasteiger partial charge in [-0.05, 0) is 25.1 Å². The molecule has 2 N–H and O–H groups in total. The van der Waals surface area contributed by atoms with Crippen molar-refractivity contribution < 1.29 is 23.1 Å². The zero-order chi connectivity index (χ0) is 18.2. The summed E-state index contributed by atoms with van der Waals surface area (Å²) in [6.45, 7) is 2.37. The van der Waals surface area contributed by atoms with Gasteiger partial charge in [-0.15, -0.1) is 0 Å². The Balaban J connectivity index is 2.13. The highest BCUT2D eigenvalue weighted by atomic mass is 19.4. The van der Waals surface area contributed by atoms with Gasteiger partial charge in [-0.1, -0.05) is 6.07 Å². The predicted molar refractivity (Wildman–Crippen MR) is 84.9 cm³/mol. The zero-order valence-electron chi connectivity index (χ0n) is 13.0. The van der Waals surface area contributed by atoms with Crippen LogP contribution in [0.1, 0.15) is 22.8 Å². The molecule has 0 atom stereocenters. The van der Waals surface area contributed by atoms with Gasteiger partial charge in [-0.3, -0.25) is 0 Å². The molecule has 0 fully saturated rings. The van der Waals surface area contributed by atoms with E-state index in [0.29, 0.717) is 17.6 Å². The summed E-state index contributed by atoms with van der Waals surface area (Å²) in [5.41, 5.74) is -0.267. The van der Waals surface area contributed by atoms with E-state index in [-0.39, 0.29) is 16.9 Å². The zero-order valence-corrected chi connectivity index (χ0v) is 13.0. The van der Waals surface area contributed by atoms with E-state index in [2.05, 4.69) is 15.4 Å². The van der Waals surface area contributed by atoms with Crippen LogP contribution in [-0.2, 0) is 12.7 Å². The second kappa shape index (κ2) is 6.08. The molecule has 2 heterocycles. The minimum atomic E-state index is -4.49. The van der Waals surface area contributed by atoms with Crippen LogP contribution in [0.5, 0.6) is 0 Å². The Morgan fingerprint density at radius 3 is 2.72 bits per heavy atom. The second-order valence-electron chi connectivity index (χ2n) is 5.25. The van der Waals surface area contributed by atoms with Gasteiger partial charge in [0, 0.05) is 18.4 Å². The fourth-order valence-electron chi connectivity index (χ4n) is 2.47. The highest BCUT2D eigenvalue weighted by Crippen LogP contribution is 2.33. The molecule has 0 radical (unpaired) electrons. The largest absolute Gasteiger partial charge is 0.478 e. The molecule has 0 spiro atoms. The summed E-state index contributed by atoms with van der Waals surface area (Å²) in [5, 5.41) is 16.7. The smallest absolute Gasteiger partial charge is 0.416 e. The van der Waals surface area contributed by atoms with Crippen LogP contribution in [0, 0.1) is 0 Å². The van der Waals surface area contributed by atoms with Crippen molar-refractivity contribution in [1.29, 1.82) is 0 Å². The average Bonchev–Trinajstić information content (AvgIpc) is 2.98. The van der Waals surface area contributed by atoms with Gasteiger partial charge in [0.1, 0.15) is 5.56 Å². The van der Waals surface area contributed by atoms with Crippen molar-refractivity contribution in [3.8, 4) is 0 Å². The monoisotopic (exact) mass is 350 g/mol. The van der Waals surface area contributed by atoms with Crippen molar-refractivity contribution in [3.63, 3.8) is 0 Å². The van der Waals surface area contributed by atoms with E-state index in [1.807, 2.05) is 6.92 Å². The Bertz CT molecular complexity index is 950. The molecule has 3 rings (SSSR count). The molecular weight excluding hydrogens is 337 g/mol. The van der Waals surface area contributed by atoms with Gasteiger partial charge in [0.05, 0.1) is 22.8 Å². The van der Waals surface area contributed by atoms with Gasteiger partial charge in [0.2, 0.25) is 0 Å². The number of aromatic nitrogens is 3. The summed E-state index contributed by atoms with van der Waals surface area (Å²) in [6.07, 6.45) is -1.89. The number of anilines is 2. The van der Waals surface area contributed by atoms with Crippen LogP contribution in [0.4, 0.5) is 24.5 Å². The van der Waals surface area contributed by atoms with Crippen LogP contribution in [0.15, 0.2) is 36.7 Å². The molecule has 0 aliphatic carbocycles. The molecule has 3 aromatic rings. The molecule has 6 nitrogen and oxygen atoms in total. The number of carboxylic acid groups (broad SMARTS) is 1. The number of halogens is 3. The third-order valence-corrected chi connectivity index (χ3v) is 3.66. The lowest BCUT2D eigenvalue weighted by atomic mass is 10.1. The number of rotatable bonds is 4. The van der Waals surface area contributed by atoms with Gasteiger partial charge < -0.3 is 10.4 Å². The number of fused-ring (bicyclic) bond motifs is 1. The minimum absolute atomic E-state index is 0.120. The van der Waals surface area contributed by atoms with E-state index >= 15 is 0 Å². The number of hydrogen-bond acceptors (Lipinski definition) is 4. The summed E-state index contributed by atoms with van der Waals surface area (Å²) >= 11 is 0. The van der Waals surface area contributed by atoms with Gasteiger partial charge >= 0.3 is 12.1 Å². The van der Waals surface area contributed by atoms with E-state index in [1.165, 1.54) is 18.3 Å². The maximum Gasteiger partial charge on any atom is 0.416 e. The molecule has 0 unspecified atom stereocenters. The number of hydrogen-bond donors (Lipinski definition) is 2. The quantitative estimate of drug-likeness (QED) is 0.746. The Hall–Kier alpha value is -3.10. The standard InChI is InChI=1S/C16H13F3N4O2/c1-2-23-14-11(8-21-23)13(12(7-20-14)15(24)25)22-10-5-3-4-9(6-10)16(17,18)19/h3-8H,2H2,1H3,(H,20,22)(H,24,25). The van der Waals surface area contributed by atoms with Crippen molar-refractivity contribution in [2.45, 2.75) is 19.6 Å². The molecule has 130 valence electrons. The lowest BCUT2D eigenvalue weighted by molar-refractivity contribution is -0.137. The number of benzene rings is 1. The van der Waals surface area contributed by atoms with Crippen molar-refractivity contribution in [3.05, 3.63) is 47.8 Å². The second-order valence-corrected chi connectivity index (χ2v) is 5.25. The van der Waals surface area contributed by atoms with Gasteiger partial charge in [0.25, 0.3) is 0 Å². The lowest BCUT2D eigenvalue weighted by Crippen LogP contribution is -2.07. The molecule has 25 heavy (non-hydrogen) atoms. The fraction of sp³-hybridized carbons (Fsp3) is 0.188. The molecular formula is C16H13F3N4O2. The molecule has 1 aromatic carbocycles. The van der Waals surface area contributed by atoms with Crippen molar-refractivity contribution in [2.75, 3.05) is 5.32 Å². The summed E-state index contributed by atoms with van der Waals surface area (Å²) < 4.78 is 40.2. The normalized spacial score (nSPS) is 11.7. The highest BCUT2D eigenvalue weighted by Gasteiger charge is 2.30. The Morgan fingerprint density at radius 1 is 1.32 bits per heavy atom. The van der Waals surface area contributed by atoms with Crippen molar-refractivity contribution in [1.82, 2.24) is 14.8 Å². The first kappa shape index (κ1) is 16.7. The lowest BCUT2D eigenvalue weighted by Gasteiger charge is -2.13. The molecule has 0 aliphatic rings. The molecule has 0 amide bonds. The first-order chi connectivity index (χ1) is 11.8. The first-order valence-electron chi connectivity index (χ1n) is 7.33. The number of carbonyl (C=O) groups is 1. The minimum Gasteiger partial charge on any atom is -0.478 e. The van der Waals surface area contributed by atoms with Gasteiger partial charge in [-0.2, -0.15) is 18.3 Å². The Labute approximate surface area is 139 Å². The molecule has 0 bridgehead atoms. The number of nitrogens with one attached hydrogen (secondary N) is 1. The number of pyridine rings is 1. The third kappa shape index (κ3) is 3.12. The number of carboxylic acids is 1. The number of alkyl halides is 3. The molecule has 0 saturated heterocycles. The van der Waals surface area contributed by atoms with Crippen molar-refractivity contribution >= 4 is 28.4 Å². The fourth-order valence-corrected chi connectivity index (χ4v) is 2.47. The Morgan fingerprint density at radius 2 is 2.08 bits per heavy atom. The maximum absolute atomic E-state index is 12.9. The van der Waals surface area contributed by atoms with Crippen LogP contribution in [0.2, 0.25) is 0 Å². The SMILES string of the molecule is CCn1ncc2c(Nc3cccc(C(F)(F)F)c3)c(C(=O)O)cnc21. The van der Waals surface area contributed by atoms with Gasteiger partial charge in [0.15, 0.2) is 5.65 Å². The highest BCUT2D eigenvalue weighted by molar-refractivity contribution is 6.04. The third-order valence-electron chi connectivity index (χ3n) is 3.66. The topological polar surface area (TPSA) is 80.0 Å². The average molecular weight is 350 g/mol. The van der Waals surface area contributed by atoms with E-state index in [4.69, 9.17) is 0 Å². The van der Waals surface area contributed by atoms with Crippen LogP contribution >= 0.6 is 0 Å². The van der Waals surface area contributed by atoms with E-state index in [1.54, 1.807) is 4.68 Å². The summed E-state index contributed by atoms with van der Waals surface area (Å²) in [5.74, 6) is -1.24. The number of aromatic carboxylic acids is 1. The summed E-state index contributed by atoms with van der Waals surface area (Å²) in [6, 6.07) is 4.54. The van der Waals surface area contributed by atoms with Crippen LogP contribution < -0.4 is 5.32 Å². The number of aryl methyl sites for hydroxylation is 1. The molecule has 9 heteroatoms. The van der Waals surface area contributed by atoms with Gasteiger partial charge in [-0.25, -0.2) is 14.5 Å². The van der Waals surface area contributed by atoms with Crippen molar-refractivity contribution in [2.24, 2.45) is 0 Å². The molecule has 2 aromatic heterocycles. The van der Waals surface area contributed by atoms with Crippen LogP contribution in [0.25, 0.3) is 11.0 Å². The van der Waals surface area contributed by atoms with E-state index in [9.17, 15) is 23.1 Å². The molecule has 0 saturated carbocycles. The van der Waals surface area contributed by atoms with Crippen LogP contribution in [0.3, 0.4) is 0 Å². The maximum atomic E-state index is 12.9. The molecule has 0 aliphatic heterocycles. The summed E-state index contributed by atoms with van der Waals surface area (Å²) in [4.78, 5) is 15.6. The van der Waals surface area contributed by atoms with E-state index < -0.39 is 17.7 Å². The first-order valence-corrected chi connectivity index (χ1v) is 7.33. The predicted octanol–water partition coefficient (Wildman–Crippen LogP) is 3.91. The summed E-state index contributed by atoms with van der Waals surface area (Å²) in [7, 11) is 0. The van der Waals surface area contributed by atoms with Crippen LogP contribution in [-0.4, -0.2) is 25.8 Å². The number of nitrogens with zero attached hydrogens (tertiary/aromatic N) is 3.